The quantitative estimate of drug-likeness (QED) is 0.706. The Morgan fingerprint density at radius 3 is 2.73 bits per heavy atom. The number of hydrogen-bond donors (Lipinski definition) is 1. The molecule has 1 N–H and O–H groups in total. The zero-order chi connectivity index (χ0) is 14.5. The molecule has 0 aliphatic rings. The van der Waals surface area contributed by atoms with Gasteiger partial charge in [0.25, 0.3) is 0 Å². The average molecular weight is 316 g/mol. The van der Waals surface area contributed by atoms with Gasteiger partial charge in [-0.25, -0.2) is 4.98 Å². The third kappa shape index (κ3) is 3.46. The highest BCUT2D eigenvalue weighted by Crippen LogP contribution is 2.23. The number of nitrogens with one attached hydrogen (secondary N) is 1. The average Bonchev–Trinajstić information content (AvgIpc) is 2.96. The van der Waals surface area contributed by atoms with Gasteiger partial charge in [-0.15, -0.1) is 12.4 Å². The second-order valence-electron chi connectivity index (χ2n) is 4.90. The first kappa shape index (κ1) is 16.0. The maximum Gasteiger partial charge on any atom is 0.150 e. The molecule has 0 bridgehead atoms. The Labute approximate surface area is 135 Å². The third-order valence-corrected chi connectivity index (χ3v) is 3.47. The summed E-state index contributed by atoms with van der Waals surface area (Å²) < 4.78 is 2.07. The fraction of sp³-hybridized carbons (Fsp3) is 0.176. The molecule has 0 atom stereocenters. The number of anilines is 1. The summed E-state index contributed by atoms with van der Waals surface area (Å²) in [5.74, 6) is 0.854. The van der Waals surface area contributed by atoms with Gasteiger partial charge in [0.2, 0.25) is 0 Å². The number of carbonyl (C=O) groups is 1. The van der Waals surface area contributed by atoms with Crippen molar-refractivity contribution >= 4 is 35.4 Å². The van der Waals surface area contributed by atoms with Crippen LogP contribution in [0.4, 0.5) is 5.82 Å². The Morgan fingerprint density at radius 1 is 1.14 bits per heavy atom. The Balaban J connectivity index is 0.00000176. The van der Waals surface area contributed by atoms with Gasteiger partial charge in [-0.3, -0.25) is 0 Å². The van der Waals surface area contributed by atoms with Crippen molar-refractivity contribution in [2.45, 2.75) is 19.5 Å². The zero-order valence-electron chi connectivity index (χ0n) is 12.1. The van der Waals surface area contributed by atoms with Crippen LogP contribution in [0, 0.1) is 0 Å². The molecule has 2 aromatic heterocycles. The lowest BCUT2D eigenvalue weighted by Crippen LogP contribution is -2.05. The zero-order valence-corrected chi connectivity index (χ0v) is 12.9. The van der Waals surface area contributed by atoms with E-state index in [1.807, 2.05) is 30.5 Å². The number of carbonyl (C=O) groups excluding carboxylic acids is 1. The molecule has 0 amide bonds. The minimum Gasteiger partial charge on any atom is -0.364 e. The molecule has 0 saturated carbocycles. The van der Waals surface area contributed by atoms with Gasteiger partial charge in [-0.2, -0.15) is 0 Å². The lowest BCUT2D eigenvalue weighted by molar-refractivity contribution is -0.108. The number of rotatable bonds is 6. The maximum atomic E-state index is 10.6. The summed E-state index contributed by atoms with van der Waals surface area (Å²) in [7, 11) is 0. The SMILES string of the molecule is Cl.O=CCCn1ccc2ccnc(NCc3ccccc3)c21. The number of benzene rings is 1. The van der Waals surface area contributed by atoms with Crippen LogP contribution in [0.15, 0.2) is 54.9 Å². The molecule has 3 aromatic rings. The van der Waals surface area contributed by atoms with Crippen LogP contribution in [-0.2, 0) is 17.9 Å². The van der Waals surface area contributed by atoms with Gasteiger partial charge in [-0.05, 0) is 17.7 Å². The number of hydrogen-bond acceptors (Lipinski definition) is 3. The summed E-state index contributed by atoms with van der Waals surface area (Å²) in [5, 5.41) is 4.52. The van der Waals surface area contributed by atoms with E-state index in [0.717, 1.165) is 29.6 Å². The Hall–Kier alpha value is -2.33. The van der Waals surface area contributed by atoms with Crippen LogP contribution in [0.2, 0.25) is 0 Å². The molecule has 0 spiro atoms. The van der Waals surface area contributed by atoms with Gasteiger partial charge in [-0.1, -0.05) is 30.3 Å². The lowest BCUT2D eigenvalue weighted by atomic mass is 10.2. The first-order valence-electron chi connectivity index (χ1n) is 7.04. The highest BCUT2D eigenvalue weighted by atomic mass is 35.5. The van der Waals surface area contributed by atoms with Crippen molar-refractivity contribution in [1.82, 2.24) is 9.55 Å². The predicted molar refractivity (Wildman–Crippen MR) is 91.4 cm³/mol. The number of pyridine rings is 1. The molecule has 3 rings (SSSR count). The molecule has 2 heterocycles. The third-order valence-electron chi connectivity index (χ3n) is 3.47. The van der Waals surface area contributed by atoms with Crippen LogP contribution in [0.25, 0.3) is 10.9 Å². The van der Waals surface area contributed by atoms with E-state index in [9.17, 15) is 4.79 Å². The van der Waals surface area contributed by atoms with Gasteiger partial charge in [0.05, 0.1) is 5.52 Å². The molecule has 4 nitrogen and oxygen atoms in total. The van der Waals surface area contributed by atoms with Crippen LogP contribution in [0.5, 0.6) is 0 Å². The molecule has 5 heteroatoms. The van der Waals surface area contributed by atoms with Crippen LogP contribution < -0.4 is 5.32 Å². The van der Waals surface area contributed by atoms with Crippen molar-refractivity contribution in [2.24, 2.45) is 0 Å². The molecule has 0 fully saturated rings. The predicted octanol–water partition coefficient (Wildman–Crippen LogP) is 3.66. The van der Waals surface area contributed by atoms with Crippen molar-refractivity contribution in [1.29, 1.82) is 0 Å². The topological polar surface area (TPSA) is 46.9 Å². The van der Waals surface area contributed by atoms with Gasteiger partial charge in [0.15, 0.2) is 5.82 Å². The van der Waals surface area contributed by atoms with E-state index in [0.29, 0.717) is 13.0 Å². The number of halogens is 1. The smallest absolute Gasteiger partial charge is 0.150 e. The monoisotopic (exact) mass is 315 g/mol. The molecule has 0 saturated heterocycles. The van der Waals surface area contributed by atoms with Gasteiger partial charge in [0.1, 0.15) is 6.29 Å². The highest BCUT2D eigenvalue weighted by molar-refractivity contribution is 5.89. The molecule has 22 heavy (non-hydrogen) atoms. The summed E-state index contributed by atoms with van der Waals surface area (Å²) >= 11 is 0. The van der Waals surface area contributed by atoms with E-state index in [-0.39, 0.29) is 12.4 Å². The minimum atomic E-state index is 0. The van der Waals surface area contributed by atoms with E-state index in [1.165, 1.54) is 5.56 Å². The van der Waals surface area contributed by atoms with Crippen molar-refractivity contribution in [2.75, 3.05) is 5.32 Å². The van der Waals surface area contributed by atoms with Gasteiger partial charge < -0.3 is 14.7 Å². The normalized spacial score (nSPS) is 10.2. The maximum absolute atomic E-state index is 10.6. The first-order valence-corrected chi connectivity index (χ1v) is 7.04. The van der Waals surface area contributed by atoms with Crippen molar-refractivity contribution in [3.05, 3.63) is 60.4 Å². The van der Waals surface area contributed by atoms with Crippen molar-refractivity contribution in [3.63, 3.8) is 0 Å². The molecule has 114 valence electrons. The summed E-state index contributed by atoms with van der Waals surface area (Å²) in [6, 6.07) is 14.3. The Bertz CT molecular complexity index is 740. The number of aromatic nitrogens is 2. The van der Waals surface area contributed by atoms with Crippen molar-refractivity contribution in [3.8, 4) is 0 Å². The standard InChI is InChI=1S/C17H17N3O.ClH/c21-12-4-10-20-11-8-15-7-9-18-17(16(15)20)19-13-14-5-2-1-3-6-14;/h1-3,5-9,11-12H,4,10,13H2,(H,18,19);1H. The molecular weight excluding hydrogens is 298 g/mol. The van der Waals surface area contributed by atoms with Gasteiger partial charge >= 0.3 is 0 Å². The van der Waals surface area contributed by atoms with E-state index in [2.05, 4.69) is 33.1 Å². The van der Waals surface area contributed by atoms with Crippen LogP contribution >= 0.6 is 12.4 Å². The first-order chi connectivity index (χ1) is 10.4. The summed E-state index contributed by atoms with van der Waals surface area (Å²) in [5.41, 5.74) is 2.26. The summed E-state index contributed by atoms with van der Waals surface area (Å²) in [6.45, 7) is 1.41. The van der Waals surface area contributed by atoms with Crippen LogP contribution in [-0.4, -0.2) is 15.8 Å². The number of nitrogens with zero attached hydrogens (tertiary/aromatic N) is 2. The molecule has 0 unspecified atom stereocenters. The van der Waals surface area contributed by atoms with Crippen LogP contribution in [0.1, 0.15) is 12.0 Å². The van der Waals surface area contributed by atoms with E-state index >= 15 is 0 Å². The highest BCUT2D eigenvalue weighted by Gasteiger charge is 2.07. The second kappa shape index (κ2) is 7.61. The van der Waals surface area contributed by atoms with E-state index in [4.69, 9.17) is 0 Å². The summed E-state index contributed by atoms with van der Waals surface area (Å²) in [6.07, 6.45) is 5.26. The van der Waals surface area contributed by atoms with E-state index in [1.54, 1.807) is 6.20 Å². The summed E-state index contributed by atoms with van der Waals surface area (Å²) in [4.78, 5) is 15.0. The number of fused-ring (bicyclic) bond motifs is 1. The number of aryl methyl sites for hydroxylation is 1. The molecule has 0 aliphatic carbocycles. The Kier molecular flexibility index (Phi) is 5.55. The second-order valence-corrected chi connectivity index (χ2v) is 4.90. The fourth-order valence-electron chi connectivity index (χ4n) is 2.44. The minimum absolute atomic E-state index is 0. The van der Waals surface area contributed by atoms with E-state index < -0.39 is 0 Å². The molecule has 1 aromatic carbocycles. The molecule has 0 aliphatic heterocycles. The van der Waals surface area contributed by atoms with Gasteiger partial charge in [0, 0.05) is 37.3 Å². The molecular formula is C17H18ClN3O. The Morgan fingerprint density at radius 2 is 1.95 bits per heavy atom. The van der Waals surface area contributed by atoms with Crippen molar-refractivity contribution < 1.29 is 4.79 Å². The molecule has 0 radical (unpaired) electrons. The van der Waals surface area contributed by atoms with Crippen LogP contribution in [0.3, 0.4) is 0 Å². The fourth-order valence-corrected chi connectivity index (χ4v) is 2.44. The largest absolute Gasteiger partial charge is 0.364 e. The number of aldehydes is 1. The lowest BCUT2D eigenvalue weighted by Gasteiger charge is -2.10.